The lowest BCUT2D eigenvalue weighted by Gasteiger charge is -2.38. The second kappa shape index (κ2) is 6.81. The van der Waals surface area contributed by atoms with E-state index < -0.39 is 15.4 Å². The third-order valence-electron chi connectivity index (χ3n) is 4.76. The third-order valence-corrected chi connectivity index (χ3v) is 20.7. The standard InChI is InChI=1S/C18H26O2Si2/c1-19-17-13-11-16(12-14-17)15-20-22(4,5)21(2,3)18-9-7-6-8-10-18/h6-14H,15H2,1-5H3. The first kappa shape index (κ1) is 17.0. The first-order valence-electron chi connectivity index (χ1n) is 7.69. The van der Waals surface area contributed by atoms with E-state index in [9.17, 15) is 0 Å². The summed E-state index contributed by atoms with van der Waals surface area (Å²) in [5.41, 5.74) is 1.21. The van der Waals surface area contributed by atoms with Crippen molar-refractivity contribution in [3.05, 3.63) is 60.2 Å². The smallest absolute Gasteiger partial charge is 0.179 e. The molecule has 0 atom stereocenters. The molecule has 0 N–H and O–H groups in total. The number of methoxy groups -OCH3 is 1. The van der Waals surface area contributed by atoms with Crippen LogP contribution >= 0.6 is 0 Å². The van der Waals surface area contributed by atoms with Crippen LogP contribution in [0, 0.1) is 0 Å². The first-order chi connectivity index (χ1) is 10.4. The average molecular weight is 331 g/mol. The van der Waals surface area contributed by atoms with E-state index in [1.54, 1.807) is 7.11 Å². The summed E-state index contributed by atoms with van der Waals surface area (Å²) >= 11 is 0. The lowest BCUT2D eigenvalue weighted by atomic mass is 10.2. The van der Waals surface area contributed by atoms with Crippen LogP contribution in [-0.4, -0.2) is 22.5 Å². The zero-order chi connectivity index (χ0) is 16.2. The van der Waals surface area contributed by atoms with Gasteiger partial charge in [0, 0.05) is 0 Å². The second-order valence-electron chi connectivity index (χ2n) is 6.64. The molecule has 2 aromatic rings. The molecule has 0 unspecified atom stereocenters. The molecule has 4 heteroatoms. The Morgan fingerprint density at radius 1 is 0.818 bits per heavy atom. The number of benzene rings is 2. The van der Waals surface area contributed by atoms with Gasteiger partial charge in [-0.05, 0) is 30.8 Å². The van der Waals surface area contributed by atoms with E-state index in [0.29, 0.717) is 6.61 Å². The fourth-order valence-electron chi connectivity index (χ4n) is 2.37. The van der Waals surface area contributed by atoms with Crippen LogP contribution in [0.4, 0.5) is 0 Å². The van der Waals surface area contributed by atoms with Crippen molar-refractivity contribution in [2.24, 2.45) is 0 Å². The molecule has 0 fully saturated rings. The van der Waals surface area contributed by atoms with Gasteiger partial charge in [-0.1, -0.05) is 60.7 Å². The lowest BCUT2D eigenvalue weighted by molar-refractivity contribution is 0.306. The van der Waals surface area contributed by atoms with Gasteiger partial charge in [0.05, 0.1) is 13.7 Å². The molecule has 0 bridgehead atoms. The Morgan fingerprint density at radius 2 is 1.41 bits per heavy atom. The fraction of sp³-hybridized carbons (Fsp3) is 0.333. The largest absolute Gasteiger partial charge is 0.497 e. The fourth-order valence-corrected chi connectivity index (χ4v) is 8.86. The van der Waals surface area contributed by atoms with Crippen molar-refractivity contribution in [3.63, 3.8) is 0 Å². The van der Waals surface area contributed by atoms with Gasteiger partial charge in [-0.2, -0.15) is 0 Å². The van der Waals surface area contributed by atoms with Crippen LogP contribution in [0.3, 0.4) is 0 Å². The van der Waals surface area contributed by atoms with Crippen LogP contribution in [0.1, 0.15) is 5.56 Å². The van der Waals surface area contributed by atoms with Crippen molar-refractivity contribution in [2.45, 2.75) is 32.8 Å². The maximum Gasteiger partial charge on any atom is 0.179 e. The molecule has 0 heterocycles. The quantitative estimate of drug-likeness (QED) is 0.742. The minimum absolute atomic E-state index is 0.687. The third kappa shape index (κ3) is 3.69. The maximum atomic E-state index is 6.47. The molecule has 0 spiro atoms. The molecule has 0 aliphatic carbocycles. The molecule has 118 valence electrons. The van der Waals surface area contributed by atoms with Gasteiger partial charge < -0.3 is 9.16 Å². The highest BCUT2D eigenvalue weighted by Gasteiger charge is 2.44. The number of hydrogen-bond acceptors (Lipinski definition) is 2. The normalized spacial score (nSPS) is 12.2. The van der Waals surface area contributed by atoms with Gasteiger partial charge in [0.2, 0.25) is 0 Å². The van der Waals surface area contributed by atoms with Crippen LogP contribution in [0.2, 0.25) is 26.2 Å². The van der Waals surface area contributed by atoms with Crippen molar-refractivity contribution in [2.75, 3.05) is 7.11 Å². The molecular weight excluding hydrogens is 304 g/mol. The first-order valence-corrected chi connectivity index (χ1v) is 14.6. The van der Waals surface area contributed by atoms with E-state index in [-0.39, 0.29) is 0 Å². The highest BCUT2D eigenvalue weighted by molar-refractivity contribution is 7.43. The van der Waals surface area contributed by atoms with E-state index in [4.69, 9.17) is 9.16 Å². The van der Waals surface area contributed by atoms with Crippen LogP contribution in [0.15, 0.2) is 54.6 Å². The monoisotopic (exact) mass is 330 g/mol. The zero-order valence-electron chi connectivity index (χ0n) is 14.2. The summed E-state index contributed by atoms with van der Waals surface area (Å²) in [4.78, 5) is 0. The van der Waals surface area contributed by atoms with E-state index in [1.165, 1.54) is 10.8 Å². The van der Waals surface area contributed by atoms with Crippen molar-refractivity contribution in [1.29, 1.82) is 0 Å². The zero-order valence-corrected chi connectivity index (χ0v) is 16.2. The Kier molecular flexibility index (Phi) is 5.26. The summed E-state index contributed by atoms with van der Waals surface area (Å²) in [5.74, 6) is 0.888. The molecule has 0 aliphatic rings. The summed E-state index contributed by atoms with van der Waals surface area (Å²) in [6.45, 7) is 10.3. The molecule has 2 rings (SSSR count). The van der Waals surface area contributed by atoms with E-state index in [1.807, 2.05) is 12.1 Å². The highest BCUT2D eigenvalue weighted by Crippen LogP contribution is 2.22. The van der Waals surface area contributed by atoms with Crippen LogP contribution in [-0.2, 0) is 11.0 Å². The summed E-state index contributed by atoms with van der Waals surface area (Å²) in [7, 11) is -1.67. The summed E-state index contributed by atoms with van der Waals surface area (Å²) in [5, 5.41) is 1.49. The van der Waals surface area contributed by atoms with Crippen LogP contribution < -0.4 is 9.92 Å². The minimum atomic E-state index is -1.77. The van der Waals surface area contributed by atoms with Gasteiger partial charge >= 0.3 is 0 Å². The molecule has 0 amide bonds. The number of rotatable bonds is 6. The summed E-state index contributed by atoms with van der Waals surface area (Å²) in [6.07, 6.45) is 0. The molecule has 2 nitrogen and oxygen atoms in total. The summed E-state index contributed by atoms with van der Waals surface area (Å²) in [6, 6.07) is 19.0. The average Bonchev–Trinajstić information content (AvgIpc) is 2.54. The van der Waals surface area contributed by atoms with Crippen LogP contribution in [0.25, 0.3) is 0 Å². The predicted molar refractivity (Wildman–Crippen MR) is 98.8 cm³/mol. The Hall–Kier alpha value is -1.37. The molecule has 0 radical (unpaired) electrons. The Labute approximate surface area is 136 Å². The minimum Gasteiger partial charge on any atom is -0.497 e. The predicted octanol–water partition coefficient (Wildman–Crippen LogP) is 4.11. The number of hydrogen-bond donors (Lipinski definition) is 0. The number of ether oxygens (including phenoxy) is 1. The van der Waals surface area contributed by atoms with Crippen molar-refractivity contribution < 1.29 is 9.16 Å². The van der Waals surface area contributed by atoms with Gasteiger partial charge in [0.1, 0.15) is 13.3 Å². The highest BCUT2D eigenvalue weighted by atomic mass is 29.3. The molecule has 0 aromatic heterocycles. The van der Waals surface area contributed by atoms with Gasteiger partial charge in [-0.15, -0.1) is 0 Å². The molecular formula is C18H26O2Si2. The van der Waals surface area contributed by atoms with E-state index in [2.05, 4.69) is 68.7 Å². The van der Waals surface area contributed by atoms with E-state index in [0.717, 1.165) is 5.75 Å². The summed E-state index contributed by atoms with van der Waals surface area (Å²) < 4.78 is 11.7. The van der Waals surface area contributed by atoms with Gasteiger partial charge in [-0.3, -0.25) is 0 Å². The van der Waals surface area contributed by atoms with Gasteiger partial charge in [0.25, 0.3) is 0 Å². The molecule has 0 saturated carbocycles. The van der Waals surface area contributed by atoms with Crippen molar-refractivity contribution in [1.82, 2.24) is 0 Å². The topological polar surface area (TPSA) is 18.5 Å². The van der Waals surface area contributed by atoms with Crippen molar-refractivity contribution >= 4 is 20.6 Å². The van der Waals surface area contributed by atoms with E-state index >= 15 is 0 Å². The Bertz CT molecular complexity index is 592. The molecule has 0 saturated heterocycles. The SMILES string of the molecule is COc1ccc(CO[Si](C)(C)[Si](C)(C)c2ccccc2)cc1. The van der Waals surface area contributed by atoms with Gasteiger partial charge in [0.15, 0.2) is 7.83 Å². The molecule has 22 heavy (non-hydrogen) atoms. The Morgan fingerprint density at radius 3 is 1.95 bits per heavy atom. The molecule has 0 aliphatic heterocycles. The van der Waals surface area contributed by atoms with Crippen molar-refractivity contribution in [3.8, 4) is 5.75 Å². The second-order valence-corrected chi connectivity index (χ2v) is 21.1. The Balaban J connectivity index is 2.09. The van der Waals surface area contributed by atoms with Gasteiger partial charge in [-0.25, -0.2) is 0 Å². The van der Waals surface area contributed by atoms with Crippen LogP contribution in [0.5, 0.6) is 5.75 Å². The maximum absolute atomic E-state index is 6.47. The molecule has 2 aromatic carbocycles. The lowest BCUT2D eigenvalue weighted by Crippen LogP contribution is -2.64.